The van der Waals surface area contributed by atoms with E-state index in [1.165, 1.54) is 0 Å². The Morgan fingerprint density at radius 3 is 2.11 bits per heavy atom. The molecular formula is C21H24O7. The minimum atomic E-state index is -1.40. The average Bonchev–Trinajstić information content (AvgIpc) is 3.14. The Kier molecular flexibility index (Phi) is 4.42. The third-order valence-corrected chi connectivity index (χ3v) is 5.57. The van der Waals surface area contributed by atoms with Crippen LogP contribution in [0, 0.1) is 5.92 Å². The highest BCUT2D eigenvalue weighted by Gasteiger charge is 2.46. The SMILES string of the molecule is COc1cc(OC)c([C@@H]2c3cc4c(cc3OC(C)(O)[C@H]2C)OCO4)c(OC)c1. The number of ether oxygens (including phenoxy) is 6. The van der Waals surface area contributed by atoms with Crippen molar-refractivity contribution in [2.24, 2.45) is 5.92 Å². The fourth-order valence-corrected chi connectivity index (χ4v) is 3.91. The van der Waals surface area contributed by atoms with Crippen LogP contribution in [0.5, 0.6) is 34.5 Å². The fourth-order valence-electron chi connectivity index (χ4n) is 3.91. The fraction of sp³-hybridized carbons (Fsp3) is 0.429. The van der Waals surface area contributed by atoms with Crippen LogP contribution in [-0.4, -0.2) is 39.0 Å². The van der Waals surface area contributed by atoms with Crippen LogP contribution in [0.1, 0.15) is 30.9 Å². The van der Waals surface area contributed by atoms with Gasteiger partial charge in [-0.2, -0.15) is 0 Å². The maximum Gasteiger partial charge on any atom is 0.231 e. The minimum absolute atomic E-state index is 0.157. The van der Waals surface area contributed by atoms with Crippen LogP contribution in [0.3, 0.4) is 0 Å². The van der Waals surface area contributed by atoms with Crippen LogP contribution >= 0.6 is 0 Å². The normalized spacial score (nSPS) is 24.9. The van der Waals surface area contributed by atoms with Crippen molar-refractivity contribution < 1.29 is 33.5 Å². The van der Waals surface area contributed by atoms with Crippen LogP contribution in [-0.2, 0) is 0 Å². The average molecular weight is 388 g/mol. The molecule has 1 N–H and O–H groups in total. The lowest BCUT2D eigenvalue weighted by Gasteiger charge is -2.42. The van der Waals surface area contributed by atoms with Gasteiger partial charge in [0, 0.05) is 48.1 Å². The van der Waals surface area contributed by atoms with E-state index < -0.39 is 5.79 Å². The lowest BCUT2D eigenvalue weighted by atomic mass is 9.74. The standard InChI is InChI=1S/C21H24O7/c1-11-19(20-17(24-4)6-12(23-3)7-18(20)25-5)13-8-15-16(27-10-26-15)9-14(13)28-21(11,2)22/h6-9,11,19,22H,10H2,1-5H3/t11-,19-,21?/m0/s1. The Labute approximate surface area is 163 Å². The summed E-state index contributed by atoms with van der Waals surface area (Å²) in [4.78, 5) is 0. The third kappa shape index (κ3) is 2.77. The first-order valence-electron chi connectivity index (χ1n) is 9.04. The van der Waals surface area contributed by atoms with E-state index in [1.807, 2.05) is 13.0 Å². The summed E-state index contributed by atoms with van der Waals surface area (Å²) in [5.41, 5.74) is 1.67. The molecule has 0 amide bonds. The Morgan fingerprint density at radius 2 is 1.54 bits per heavy atom. The molecule has 3 atom stereocenters. The molecular weight excluding hydrogens is 364 g/mol. The first-order valence-corrected chi connectivity index (χ1v) is 9.04. The van der Waals surface area contributed by atoms with Gasteiger partial charge in [-0.1, -0.05) is 6.92 Å². The molecule has 7 heteroatoms. The highest BCUT2D eigenvalue weighted by molar-refractivity contribution is 5.61. The van der Waals surface area contributed by atoms with Crippen molar-refractivity contribution in [3.63, 3.8) is 0 Å². The number of fused-ring (bicyclic) bond motifs is 2. The van der Waals surface area contributed by atoms with Gasteiger partial charge in [-0.3, -0.25) is 0 Å². The summed E-state index contributed by atoms with van der Waals surface area (Å²) in [6, 6.07) is 7.27. The number of aliphatic hydroxyl groups is 1. The van der Waals surface area contributed by atoms with E-state index in [0.29, 0.717) is 34.5 Å². The summed E-state index contributed by atoms with van der Waals surface area (Å²) >= 11 is 0. The van der Waals surface area contributed by atoms with E-state index in [2.05, 4.69) is 0 Å². The molecule has 1 unspecified atom stereocenters. The number of benzene rings is 2. The zero-order valence-corrected chi connectivity index (χ0v) is 16.6. The molecule has 0 bridgehead atoms. The van der Waals surface area contributed by atoms with Gasteiger partial charge < -0.3 is 33.5 Å². The molecule has 150 valence electrons. The first-order chi connectivity index (χ1) is 13.4. The summed E-state index contributed by atoms with van der Waals surface area (Å²) in [7, 11) is 4.78. The molecule has 2 aliphatic rings. The van der Waals surface area contributed by atoms with Crippen molar-refractivity contribution in [2.45, 2.75) is 25.6 Å². The number of methoxy groups -OCH3 is 3. The van der Waals surface area contributed by atoms with Gasteiger partial charge in [0.2, 0.25) is 12.6 Å². The molecule has 0 saturated heterocycles. The van der Waals surface area contributed by atoms with Gasteiger partial charge in [0.15, 0.2) is 11.5 Å². The van der Waals surface area contributed by atoms with Crippen molar-refractivity contribution in [3.05, 3.63) is 35.4 Å². The maximum absolute atomic E-state index is 11.0. The Bertz CT molecular complexity index is 881. The molecule has 4 rings (SSSR count). The summed E-state index contributed by atoms with van der Waals surface area (Å²) < 4.78 is 33.7. The Morgan fingerprint density at radius 1 is 0.929 bits per heavy atom. The van der Waals surface area contributed by atoms with E-state index in [-0.39, 0.29) is 18.6 Å². The quantitative estimate of drug-likeness (QED) is 0.861. The van der Waals surface area contributed by atoms with Gasteiger partial charge >= 0.3 is 0 Å². The van der Waals surface area contributed by atoms with Crippen molar-refractivity contribution in [1.29, 1.82) is 0 Å². The molecule has 0 aromatic heterocycles. The van der Waals surface area contributed by atoms with Crippen LogP contribution in [0.4, 0.5) is 0 Å². The lowest BCUT2D eigenvalue weighted by Crippen LogP contribution is -2.45. The molecule has 0 radical (unpaired) electrons. The second kappa shape index (κ2) is 6.67. The van der Waals surface area contributed by atoms with E-state index in [4.69, 9.17) is 28.4 Å². The topological polar surface area (TPSA) is 75.6 Å². The third-order valence-electron chi connectivity index (χ3n) is 5.57. The van der Waals surface area contributed by atoms with Gasteiger partial charge in [-0.15, -0.1) is 0 Å². The van der Waals surface area contributed by atoms with E-state index in [9.17, 15) is 5.11 Å². The van der Waals surface area contributed by atoms with E-state index >= 15 is 0 Å². The van der Waals surface area contributed by atoms with Crippen LogP contribution in [0.25, 0.3) is 0 Å². The van der Waals surface area contributed by atoms with Gasteiger partial charge in [0.25, 0.3) is 0 Å². The predicted molar refractivity (Wildman–Crippen MR) is 101 cm³/mol. The molecule has 0 spiro atoms. The largest absolute Gasteiger partial charge is 0.496 e. The summed E-state index contributed by atoms with van der Waals surface area (Å²) in [5.74, 6) is 1.63. The highest BCUT2D eigenvalue weighted by Crippen LogP contribution is 2.55. The first kappa shape index (κ1) is 18.6. The Hall–Kier alpha value is -2.80. The number of hydrogen-bond acceptors (Lipinski definition) is 7. The molecule has 7 nitrogen and oxygen atoms in total. The molecule has 28 heavy (non-hydrogen) atoms. The van der Waals surface area contributed by atoms with Crippen LogP contribution in [0.15, 0.2) is 24.3 Å². The van der Waals surface area contributed by atoms with Crippen molar-refractivity contribution in [3.8, 4) is 34.5 Å². The maximum atomic E-state index is 11.0. The predicted octanol–water partition coefficient (Wildman–Crippen LogP) is 3.31. The van der Waals surface area contributed by atoms with Gasteiger partial charge in [0.1, 0.15) is 23.0 Å². The molecule has 0 saturated carbocycles. The summed E-state index contributed by atoms with van der Waals surface area (Å²) in [6.07, 6.45) is 0. The molecule has 2 aromatic rings. The zero-order valence-electron chi connectivity index (χ0n) is 16.6. The van der Waals surface area contributed by atoms with Crippen molar-refractivity contribution in [2.75, 3.05) is 28.1 Å². The van der Waals surface area contributed by atoms with Gasteiger partial charge in [0.05, 0.1) is 21.3 Å². The van der Waals surface area contributed by atoms with Crippen molar-refractivity contribution in [1.82, 2.24) is 0 Å². The molecule has 2 heterocycles. The smallest absolute Gasteiger partial charge is 0.231 e. The zero-order chi connectivity index (χ0) is 20.1. The van der Waals surface area contributed by atoms with Crippen molar-refractivity contribution >= 4 is 0 Å². The molecule has 2 aliphatic heterocycles. The summed E-state index contributed by atoms with van der Waals surface area (Å²) in [5, 5.41) is 11.0. The highest BCUT2D eigenvalue weighted by atomic mass is 16.7. The number of rotatable bonds is 4. The lowest BCUT2D eigenvalue weighted by molar-refractivity contribution is -0.171. The molecule has 0 aliphatic carbocycles. The molecule has 2 aromatic carbocycles. The van der Waals surface area contributed by atoms with Crippen LogP contribution in [0.2, 0.25) is 0 Å². The van der Waals surface area contributed by atoms with Gasteiger partial charge in [-0.25, -0.2) is 0 Å². The monoisotopic (exact) mass is 388 g/mol. The minimum Gasteiger partial charge on any atom is -0.496 e. The van der Waals surface area contributed by atoms with E-state index in [1.54, 1.807) is 46.5 Å². The Balaban J connectivity index is 1.97. The van der Waals surface area contributed by atoms with Crippen LogP contribution < -0.4 is 28.4 Å². The van der Waals surface area contributed by atoms with E-state index in [0.717, 1.165) is 11.1 Å². The number of hydrogen-bond donors (Lipinski definition) is 1. The summed E-state index contributed by atoms with van der Waals surface area (Å²) in [6.45, 7) is 3.74. The second-order valence-electron chi connectivity index (χ2n) is 7.11. The second-order valence-corrected chi connectivity index (χ2v) is 7.11. The molecule has 0 fully saturated rings. The van der Waals surface area contributed by atoms with Gasteiger partial charge in [-0.05, 0) is 6.07 Å².